The van der Waals surface area contributed by atoms with Crippen molar-refractivity contribution in [2.45, 2.75) is 13.5 Å². The quantitative estimate of drug-likeness (QED) is 0.812. The van der Waals surface area contributed by atoms with Gasteiger partial charge in [0, 0.05) is 25.4 Å². The molecule has 0 N–H and O–H groups in total. The van der Waals surface area contributed by atoms with Crippen LogP contribution in [-0.4, -0.2) is 17.0 Å². The van der Waals surface area contributed by atoms with E-state index >= 15 is 0 Å². The molecule has 16 heavy (non-hydrogen) atoms. The standard InChI is InChI=1S/C11H12IN3O/c1-8-9(3-4-16-8)6-15(2)11-10(12)5-13-7-14-11/h3-5,7H,6H2,1-2H3. The second-order valence-corrected chi connectivity index (χ2v) is 4.71. The number of hydrogen-bond donors (Lipinski definition) is 0. The van der Waals surface area contributed by atoms with Crippen LogP contribution in [0.15, 0.2) is 29.3 Å². The molecule has 0 amide bonds. The molecule has 0 fully saturated rings. The third-order valence-electron chi connectivity index (χ3n) is 2.38. The lowest BCUT2D eigenvalue weighted by atomic mass is 10.2. The number of rotatable bonds is 3. The van der Waals surface area contributed by atoms with Gasteiger partial charge >= 0.3 is 0 Å². The zero-order chi connectivity index (χ0) is 11.5. The maximum Gasteiger partial charge on any atom is 0.145 e. The van der Waals surface area contributed by atoms with E-state index in [2.05, 4.69) is 37.5 Å². The van der Waals surface area contributed by atoms with Crippen molar-refractivity contribution in [2.24, 2.45) is 0 Å². The van der Waals surface area contributed by atoms with E-state index in [9.17, 15) is 0 Å². The Morgan fingerprint density at radius 3 is 2.94 bits per heavy atom. The van der Waals surface area contributed by atoms with Crippen molar-refractivity contribution in [1.82, 2.24) is 9.97 Å². The molecule has 0 aliphatic heterocycles. The predicted molar refractivity (Wildman–Crippen MR) is 70.3 cm³/mol. The highest BCUT2D eigenvalue weighted by Crippen LogP contribution is 2.20. The van der Waals surface area contributed by atoms with Gasteiger partial charge in [-0.3, -0.25) is 0 Å². The Labute approximate surface area is 108 Å². The van der Waals surface area contributed by atoms with Crippen LogP contribution in [0.25, 0.3) is 0 Å². The van der Waals surface area contributed by atoms with Crippen molar-refractivity contribution in [2.75, 3.05) is 11.9 Å². The summed E-state index contributed by atoms with van der Waals surface area (Å²) >= 11 is 2.24. The highest BCUT2D eigenvalue weighted by Gasteiger charge is 2.10. The summed E-state index contributed by atoms with van der Waals surface area (Å²) in [6.45, 7) is 2.75. The molecule has 0 unspecified atom stereocenters. The van der Waals surface area contributed by atoms with Gasteiger partial charge in [0.1, 0.15) is 17.9 Å². The third kappa shape index (κ3) is 2.34. The molecule has 0 aliphatic carbocycles. The Morgan fingerprint density at radius 2 is 2.31 bits per heavy atom. The normalized spacial score (nSPS) is 10.4. The topological polar surface area (TPSA) is 42.2 Å². The lowest BCUT2D eigenvalue weighted by Gasteiger charge is -2.18. The molecule has 0 saturated heterocycles. The second-order valence-electron chi connectivity index (χ2n) is 3.55. The molecular weight excluding hydrogens is 317 g/mol. The minimum Gasteiger partial charge on any atom is -0.469 e. The van der Waals surface area contributed by atoms with Crippen molar-refractivity contribution >= 4 is 28.4 Å². The number of hydrogen-bond acceptors (Lipinski definition) is 4. The summed E-state index contributed by atoms with van der Waals surface area (Å²) in [5, 5.41) is 0. The van der Waals surface area contributed by atoms with Gasteiger partial charge in [-0.25, -0.2) is 9.97 Å². The molecule has 0 atom stereocenters. The highest BCUT2D eigenvalue weighted by molar-refractivity contribution is 14.1. The van der Waals surface area contributed by atoms with E-state index < -0.39 is 0 Å². The summed E-state index contributed by atoms with van der Waals surface area (Å²) in [6.07, 6.45) is 5.08. The summed E-state index contributed by atoms with van der Waals surface area (Å²) < 4.78 is 6.32. The van der Waals surface area contributed by atoms with Gasteiger partial charge in [0.05, 0.1) is 9.83 Å². The van der Waals surface area contributed by atoms with Crippen LogP contribution in [0.4, 0.5) is 5.82 Å². The first-order valence-corrected chi connectivity index (χ1v) is 5.96. The third-order valence-corrected chi connectivity index (χ3v) is 3.14. The molecule has 0 aliphatic rings. The maximum absolute atomic E-state index is 5.27. The molecule has 2 aromatic heterocycles. The van der Waals surface area contributed by atoms with Crippen LogP contribution in [0.5, 0.6) is 0 Å². The van der Waals surface area contributed by atoms with Crippen LogP contribution in [0, 0.1) is 10.5 Å². The molecule has 2 heterocycles. The van der Waals surface area contributed by atoms with E-state index in [0.29, 0.717) is 0 Å². The van der Waals surface area contributed by atoms with Crippen molar-refractivity contribution < 1.29 is 4.42 Å². The van der Waals surface area contributed by atoms with Gasteiger partial charge in [-0.15, -0.1) is 0 Å². The number of nitrogens with zero attached hydrogens (tertiary/aromatic N) is 3. The van der Waals surface area contributed by atoms with E-state index in [0.717, 1.165) is 21.7 Å². The predicted octanol–water partition coefficient (Wildman–Crippen LogP) is 2.62. The Morgan fingerprint density at radius 1 is 1.50 bits per heavy atom. The second kappa shape index (κ2) is 4.82. The summed E-state index contributed by atoms with van der Waals surface area (Å²) in [4.78, 5) is 10.3. The van der Waals surface area contributed by atoms with Crippen LogP contribution in [0.3, 0.4) is 0 Å². The average Bonchev–Trinajstić information content (AvgIpc) is 2.65. The van der Waals surface area contributed by atoms with E-state index in [4.69, 9.17) is 4.42 Å². The fraction of sp³-hybridized carbons (Fsp3) is 0.273. The van der Waals surface area contributed by atoms with Crippen LogP contribution in [-0.2, 0) is 6.54 Å². The Balaban J connectivity index is 2.18. The van der Waals surface area contributed by atoms with Crippen LogP contribution in [0.1, 0.15) is 11.3 Å². The van der Waals surface area contributed by atoms with Gasteiger partial charge in [0.2, 0.25) is 0 Å². The summed E-state index contributed by atoms with van der Waals surface area (Å²) in [7, 11) is 2.01. The first-order valence-electron chi connectivity index (χ1n) is 4.88. The molecule has 2 rings (SSSR count). The average molecular weight is 329 g/mol. The van der Waals surface area contributed by atoms with Crippen molar-refractivity contribution in [3.8, 4) is 0 Å². The highest BCUT2D eigenvalue weighted by atomic mass is 127. The minimum atomic E-state index is 0.787. The molecule has 84 valence electrons. The molecule has 0 aromatic carbocycles. The fourth-order valence-corrected chi connectivity index (χ4v) is 2.20. The van der Waals surface area contributed by atoms with Gasteiger partial charge in [0.15, 0.2) is 0 Å². The Kier molecular flexibility index (Phi) is 3.42. The van der Waals surface area contributed by atoms with Gasteiger partial charge in [-0.1, -0.05) is 0 Å². The molecule has 0 saturated carbocycles. The smallest absolute Gasteiger partial charge is 0.145 e. The maximum atomic E-state index is 5.27. The van der Waals surface area contributed by atoms with E-state index in [1.54, 1.807) is 12.6 Å². The SMILES string of the molecule is Cc1occc1CN(C)c1ncncc1I. The fourth-order valence-electron chi connectivity index (χ4n) is 1.49. The van der Waals surface area contributed by atoms with Gasteiger partial charge in [-0.2, -0.15) is 0 Å². The molecule has 0 spiro atoms. The van der Waals surface area contributed by atoms with Crippen LogP contribution >= 0.6 is 22.6 Å². The molecule has 4 nitrogen and oxygen atoms in total. The Hall–Kier alpha value is -1.11. The molecular formula is C11H12IN3O. The van der Waals surface area contributed by atoms with Crippen molar-refractivity contribution in [1.29, 1.82) is 0 Å². The number of furan rings is 1. The number of anilines is 1. The summed E-state index contributed by atoms with van der Waals surface area (Å²) in [5.74, 6) is 1.90. The summed E-state index contributed by atoms with van der Waals surface area (Å²) in [5.41, 5.74) is 1.18. The first-order chi connectivity index (χ1) is 7.68. The van der Waals surface area contributed by atoms with Crippen molar-refractivity contribution in [3.05, 3.63) is 39.7 Å². The van der Waals surface area contributed by atoms with E-state index in [-0.39, 0.29) is 0 Å². The van der Waals surface area contributed by atoms with E-state index in [1.165, 1.54) is 5.56 Å². The van der Waals surface area contributed by atoms with Gasteiger partial charge < -0.3 is 9.32 Å². The monoisotopic (exact) mass is 329 g/mol. The van der Waals surface area contributed by atoms with Crippen LogP contribution in [0.2, 0.25) is 0 Å². The summed E-state index contributed by atoms with van der Waals surface area (Å²) in [6, 6.07) is 1.99. The van der Waals surface area contributed by atoms with Gasteiger partial charge in [0.25, 0.3) is 0 Å². The molecule has 5 heteroatoms. The molecule has 0 bridgehead atoms. The zero-order valence-corrected chi connectivity index (χ0v) is 11.3. The van der Waals surface area contributed by atoms with Gasteiger partial charge in [-0.05, 0) is 35.6 Å². The molecule has 0 radical (unpaired) electrons. The Bertz CT molecular complexity index is 484. The van der Waals surface area contributed by atoms with Crippen LogP contribution < -0.4 is 4.90 Å². The largest absolute Gasteiger partial charge is 0.469 e. The number of aryl methyl sites for hydroxylation is 1. The lowest BCUT2D eigenvalue weighted by molar-refractivity contribution is 0.529. The minimum absolute atomic E-state index is 0.787. The van der Waals surface area contributed by atoms with Crippen molar-refractivity contribution in [3.63, 3.8) is 0 Å². The lowest BCUT2D eigenvalue weighted by Crippen LogP contribution is -2.19. The van der Waals surface area contributed by atoms with E-state index in [1.807, 2.05) is 26.2 Å². The first kappa shape index (κ1) is 11.4. The number of aromatic nitrogens is 2. The molecule has 2 aromatic rings. The zero-order valence-electron chi connectivity index (χ0n) is 9.14. The number of halogens is 1.